The zero-order chi connectivity index (χ0) is 11.8. The maximum atomic E-state index is 6.00. The van der Waals surface area contributed by atoms with Crippen LogP contribution in [0.2, 0.25) is 0 Å². The van der Waals surface area contributed by atoms with Gasteiger partial charge in [-0.05, 0) is 24.8 Å². The van der Waals surface area contributed by atoms with E-state index in [9.17, 15) is 0 Å². The highest BCUT2D eigenvalue weighted by Gasteiger charge is 2.28. The lowest BCUT2D eigenvalue weighted by atomic mass is 9.84. The largest absolute Gasteiger partial charge is 0.358 e. The molecule has 17 heavy (non-hydrogen) atoms. The molecule has 2 aromatic rings. The van der Waals surface area contributed by atoms with E-state index in [-0.39, 0.29) is 0 Å². The van der Waals surface area contributed by atoms with E-state index in [1.807, 2.05) is 16.8 Å². The molecule has 0 amide bonds. The monoisotopic (exact) mass is 250 g/mol. The van der Waals surface area contributed by atoms with Gasteiger partial charge in [-0.2, -0.15) is 5.10 Å². The Labute approximate surface area is 105 Å². The summed E-state index contributed by atoms with van der Waals surface area (Å²) in [6.07, 6.45) is 7.69. The maximum Gasteiger partial charge on any atom is 0.154 e. The molecule has 1 aliphatic rings. The lowest BCUT2D eigenvalue weighted by Crippen LogP contribution is -2.35. The molecule has 0 spiro atoms. The minimum atomic E-state index is 0.382. The highest BCUT2D eigenvalue weighted by atomic mass is 35.5. The normalized spacial score (nSPS) is 23.6. The Hall–Kier alpha value is -1.29. The van der Waals surface area contributed by atoms with Gasteiger partial charge in [0.15, 0.2) is 5.82 Å². The van der Waals surface area contributed by atoms with Gasteiger partial charge >= 0.3 is 0 Å². The summed E-state index contributed by atoms with van der Waals surface area (Å²) in [6.45, 7) is 1.01. The predicted molar refractivity (Wildman–Crippen MR) is 68.6 cm³/mol. The second-order valence-electron chi connectivity index (χ2n) is 4.73. The Morgan fingerprint density at radius 2 is 2.29 bits per heavy atom. The van der Waals surface area contributed by atoms with Crippen LogP contribution in [0.4, 0.5) is 5.82 Å². The summed E-state index contributed by atoms with van der Waals surface area (Å²) >= 11 is 6.00. The van der Waals surface area contributed by atoms with E-state index < -0.39 is 0 Å². The van der Waals surface area contributed by atoms with E-state index in [0.29, 0.717) is 11.3 Å². The van der Waals surface area contributed by atoms with Gasteiger partial charge in [-0.15, -0.1) is 11.6 Å². The number of anilines is 1. The summed E-state index contributed by atoms with van der Waals surface area (Å²) in [5.74, 6) is 1.69. The van der Waals surface area contributed by atoms with Crippen LogP contribution in [0.15, 0.2) is 24.7 Å². The molecular weight excluding hydrogens is 236 g/mol. The van der Waals surface area contributed by atoms with Gasteiger partial charge in [0, 0.05) is 31.4 Å². The first-order chi connectivity index (χ1) is 8.24. The van der Waals surface area contributed by atoms with Crippen molar-refractivity contribution in [1.29, 1.82) is 0 Å². The Balaban J connectivity index is 1.80. The molecule has 2 aromatic heterocycles. The van der Waals surface area contributed by atoms with Crippen LogP contribution in [0.25, 0.3) is 5.52 Å². The molecule has 0 bridgehead atoms. The van der Waals surface area contributed by atoms with E-state index in [2.05, 4.69) is 22.0 Å². The van der Waals surface area contributed by atoms with Gasteiger partial charge < -0.3 is 4.90 Å². The van der Waals surface area contributed by atoms with E-state index in [4.69, 9.17) is 11.6 Å². The summed E-state index contributed by atoms with van der Waals surface area (Å²) in [5, 5.41) is 4.60. The molecule has 2 heterocycles. The third-order valence-electron chi connectivity index (χ3n) is 3.38. The molecule has 1 aliphatic carbocycles. The SMILES string of the molecule is CN(CC1CC(Cl)C1)c1nccn2nccc12. The fraction of sp³-hybridized carbons (Fsp3) is 0.500. The second kappa shape index (κ2) is 4.18. The van der Waals surface area contributed by atoms with Crippen molar-refractivity contribution < 1.29 is 0 Å². The summed E-state index contributed by atoms with van der Waals surface area (Å²) in [4.78, 5) is 6.64. The number of hydrogen-bond acceptors (Lipinski definition) is 3. The van der Waals surface area contributed by atoms with Crippen LogP contribution in [0.1, 0.15) is 12.8 Å². The lowest BCUT2D eigenvalue weighted by Gasteiger charge is -2.34. The molecule has 0 radical (unpaired) electrons. The van der Waals surface area contributed by atoms with Crippen molar-refractivity contribution in [2.45, 2.75) is 18.2 Å². The number of aromatic nitrogens is 3. The molecule has 0 aliphatic heterocycles. The van der Waals surface area contributed by atoms with Crippen LogP contribution >= 0.6 is 11.6 Å². The van der Waals surface area contributed by atoms with Gasteiger partial charge in [0.2, 0.25) is 0 Å². The average Bonchev–Trinajstić information content (AvgIpc) is 2.74. The molecule has 1 saturated carbocycles. The van der Waals surface area contributed by atoms with E-state index >= 15 is 0 Å². The van der Waals surface area contributed by atoms with Gasteiger partial charge in [0.25, 0.3) is 0 Å². The van der Waals surface area contributed by atoms with Gasteiger partial charge in [-0.1, -0.05) is 0 Å². The number of alkyl halides is 1. The fourth-order valence-electron chi connectivity index (χ4n) is 2.41. The lowest BCUT2D eigenvalue weighted by molar-refractivity contribution is 0.329. The van der Waals surface area contributed by atoms with Crippen molar-refractivity contribution in [2.24, 2.45) is 5.92 Å². The molecule has 0 N–H and O–H groups in total. The van der Waals surface area contributed by atoms with Crippen LogP contribution < -0.4 is 4.90 Å². The predicted octanol–water partition coefficient (Wildman–Crippen LogP) is 2.18. The third kappa shape index (κ3) is 1.97. The zero-order valence-corrected chi connectivity index (χ0v) is 10.5. The minimum Gasteiger partial charge on any atom is -0.358 e. The van der Waals surface area contributed by atoms with Crippen molar-refractivity contribution >= 4 is 22.9 Å². The van der Waals surface area contributed by atoms with Gasteiger partial charge in [-0.3, -0.25) is 0 Å². The first-order valence-corrected chi connectivity index (χ1v) is 6.31. The van der Waals surface area contributed by atoms with Crippen LogP contribution in [0.5, 0.6) is 0 Å². The molecule has 1 fully saturated rings. The topological polar surface area (TPSA) is 33.4 Å². The summed E-state index contributed by atoms with van der Waals surface area (Å²) in [5.41, 5.74) is 1.05. The minimum absolute atomic E-state index is 0.382. The van der Waals surface area contributed by atoms with Crippen LogP contribution in [0, 0.1) is 5.92 Å². The van der Waals surface area contributed by atoms with E-state index in [1.54, 1.807) is 12.4 Å². The van der Waals surface area contributed by atoms with Gasteiger partial charge in [0.05, 0.1) is 6.20 Å². The Kier molecular flexibility index (Phi) is 2.67. The molecule has 0 atom stereocenters. The number of hydrogen-bond donors (Lipinski definition) is 0. The van der Waals surface area contributed by atoms with E-state index in [1.165, 1.54) is 0 Å². The summed E-state index contributed by atoms with van der Waals surface area (Å²) < 4.78 is 1.85. The van der Waals surface area contributed by atoms with Crippen molar-refractivity contribution in [1.82, 2.24) is 14.6 Å². The first kappa shape index (κ1) is 10.8. The van der Waals surface area contributed by atoms with E-state index in [0.717, 1.165) is 30.7 Å². The van der Waals surface area contributed by atoms with Crippen LogP contribution in [0.3, 0.4) is 0 Å². The highest BCUT2D eigenvalue weighted by molar-refractivity contribution is 6.21. The Morgan fingerprint density at radius 1 is 1.47 bits per heavy atom. The van der Waals surface area contributed by atoms with Crippen molar-refractivity contribution in [3.8, 4) is 0 Å². The number of halogens is 1. The smallest absolute Gasteiger partial charge is 0.154 e. The molecule has 3 rings (SSSR count). The van der Waals surface area contributed by atoms with Gasteiger partial charge in [0.1, 0.15) is 5.52 Å². The fourth-order valence-corrected chi connectivity index (χ4v) is 2.92. The highest BCUT2D eigenvalue weighted by Crippen LogP contribution is 2.33. The number of rotatable bonds is 3. The van der Waals surface area contributed by atoms with Crippen molar-refractivity contribution in [3.05, 3.63) is 24.7 Å². The Morgan fingerprint density at radius 3 is 3.06 bits per heavy atom. The summed E-state index contributed by atoms with van der Waals surface area (Å²) in [7, 11) is 2.08. The van der Waals surface area contributed by atoms with Crippen molar-refractivity contribution in [2.75, 3.05) is 18.5 Å². The molecule has 0 aromatic carbocycles. The summed E-state index contributed by atoms with van der Waals surface area (Å²) in [6, 6.07) is 1.99. The first-order valence-electron chi connectivity index (χ1n) is 5.87. The molecule has 4 nitrogen and oxygen atoms in total. The van der Waals surface area contributed by atoms with Crippen LogP contribution in [-0.2, 0) is 0 Å². The maximum absolute atomic E-state index is 6.00. The van der Waals surface area contributed by atoms with Crippen molar-refractivity contribution in [3.63, 3.8) is 0 Å². The third-order valence-corrected chi connectivity index (χ3v) is 3.73. The van der Waals surface area contributed by atoms with Crippen LogP contribution in [-0.4, -0.2) is 33.6 Å². The molecule has 0 saturated heterocycles. The molecule has 0 unspecified atom stereocenters. The Bertz CT molecular complexity index is 518. The molecular formula is C12H15ClN4. The average molecular weight is 251 g/mol. The number of nitrogens with zero attached hydrogens (tertiary/aromatic N) is 4. The molecule has 90 valence electrons. The second-order valence-corrected chi connectivity index (χ2v) is 5.34. The molecule has 5 heteroatoms. The quantitative estimate of drug-likeness (QED) is 0.783. The number of fused-ring (bicyclic) bond motifs is 1. The zero-order valence-electron chi connectivity index (χ0n) is 9.75. The van der Waals surface area contributed by atoms with Gasteiger partial charge in [-0.25, -0.2) is 9.50 Å². The standard InChI is InChI=1S/C12H15ClN4/c1-16(8-9-6-10(13)7-9)12-11-2-3-15-17(11)5-4-14-12/h2-5,9-10H,6-8H2,1H3.